The smallest absolute Gasteiger partial charge is 0.126 e. The van der Waals surface area contributed by atoms with Crippen molar-refractivity contribution in [3.63, 3.8) is 0 Å². The lowest BCUT2D eigenvalue weighted by atomic mass is 10.2. The average molecular weight is 245 g/mol. The van der Waals surface area contributed by atoms with E-state index < -0.39 is 0 Å². The molecule has 1 atom stereocenters. The molecule has 1 N–H and O–H groups in total. The molecule has 98 valence electrons. The molecule has 1 aromatic carbocycles. The summed E-state index contributed by atoms with van der Waals surface area (Å²) < 4.78 is 5.83. The second kappa shape index (κ2) is 6.60. The molecule has 18 heavy (non-hydrogen) atoms. The van der Waals surface area contributed by atoms with Gasteiger partial charge in [0.15, 0.2) is 0 Å². The molecule has 0 aliphatic heterocycles. The van der Waals surface area contributed by atoms with Gasteiger partial charge in [0.25, 0.3) is 0 Å². The Kier molecular flexibility index (Phi) is 4.82. The highest BCUT2D eigenvalue weighted by molar-refractivity contribution is 5.56. The lowest BCUT2D eigenvalue weighted by Gasteiger charge is -2.14. The molecule has 0 saturated heterocycles. The van der Waals surface area contributed by atoms with E-state index in [0.29, 0.717) is 6.04 Å². The van der Waals surface area contributed by atoms with Crippen LogP contribution in [0.4, 0.5) is 0 Å². The van der Waals surface area contributed by atoms with Gasteiger partial charge in [-0.15, -0.1) is 0 Å². The summed E-state index contributed by atoms with van der Waals surface area (Å²) in [7, 11) is 0. The quantitative estimate of drug-likeness (QED) is 0.742. The van der Waals surface area contributed by atoms with Crippen LogP contribution in [0.1, 0.15) is 32.3 Å². The maximum atomic E-state index is 5.83. The van der Waals surface area contributed by atoms with Crippen LogP contribution < -0.4 is 10.1 Å². The molecule has 0 radical (unpaired) electrons. The van der Waals surface area contributed by atoms with E-state index in [-0.39, 0.29) is 0 Å². The Morgan fingerprint density at radius 1 is 1.39 bits per heavy atom. The van der Waals surface area contributed by atoms with Gasteiger partial charge in [-0.1, -0.05) is 30.4 Å². The van der Waals surface area contributed by atoms with Crippen LogP contribution >= 0.6 is 0 Å². The molecule has 1 unspecified atom stereocenters. The number of allylic oxidation sites excluding steroid dienone is 1. The minimum absolute atomic E-state index is 0.638. The van der Waals surface area contributed by atoms with E-state index in [1.807, 2.05) is 31.2 Å². The highest BCUT2D eigenvalue weighted by Gasteiger charge is 2.27. The fourth-order valence-electron chi connectivity index (χ4n) is 2.14. The zero-order valence-corrected chi connectivity index (χ0v) is 11.4. The molecule has 0 bridgehead atoms. The largest absolute Gasteiger partial charge is 0.492 e. The van der Waals surface area contributed by atoms with E-state index in [4.69, 9.17) is 4.74 Å². The third-order valence-electron chi connectivity index (χ3n) is 3.42. The third-order valence-corrected chi connectivity index (χ3v) is 3.42. The summed E-state index contributed by atoms with van der Waals surface area (Å²) >= 11 is 0. The summed E-state index contributed by atoms with van der Waals surface area (Å²) in [4.78, 5) is 0. The van der Waals surface area contributed by atoms with Crippen LogP contribution in [0.15, 0.2) is 30.3 Å². The zero-order valence-electron chi connectivity index (χ0n) is 11.4. The van der Waals surface area contributed by atoms with Crippen molar-refractivity contribution in [2.24, 2.45) is 5.92 Å². The van der Waals surface area contributed by atoms with Crippen molar-refractivity contribution < 1.29 is 4.74 Å². The van der Waals surface area contributed by atoms with E-state index in [2.05, 4.69) is 24.4 Å². The summed E-state index contributed by atoms with van der Waals surface area (Å²) in [6.07, 6.45) is 6.89. The Labute approximate surface area is 110 Å². The van der Waals surface area contributed by atoms with Crippen molar-refractivity contribution >= 4 is 6.08 Å². The molecule has 1 fully saturated rings. The first-order valence-corrected chi connectivity index (χ1v) is 6.89. The van der Waals surface area contributed by atoms with Crippen molar-refractivity contribution in [2.75, 3.05) is 13.2 Å². The highest BCUT2D eigenvalue weighted by atomic mass is 16.5. The molecule has 1 aliphatic carbocycles. The molecule has 0 heterocycles. The fraction of sp³-hybridized carbons (Fsp3) is 0.500. The van der Waals surface area contributed by atoms with Gasteiger partial charge in [-0.05, 0) is 38.7 Å². The fourth-order valence-corrected chi connectivity index (χ4v) is 2.14. The SMILES string of the molecule is CC=Cc1ccccc1OCCNC(C)C1CC1. The van der Waals surface area contributed by atoms with Gasteiger partial charge < -0.3 is 10.1 Å². The van der Waals surface area contributed by atoms with Crippen molar-refractivity contribution in [1.82, 2.24) is 5.32 Å². The van der Waals surface area contributed by atoms with Gasteiger partial charge in [-0.3, -0.25) is 0 Å². The van der Waals surface area contributed by atoms with Crippen molar-refractivity contribution in [1.29, 1.82) is 0 Å². The molecule has 2 nitrogen and oxygen atoms in total. The topological polar surface area (TPSA) is 21.3 Å². The van der Waals surface area contributed by atoms with Crippen LogP contribution in [0.5, 0.6) is 5.75 Å². The summed E-state index contributed by atoms with van der Waals surface area (Å²) in [6.45, 7) is 5.94. The maximum Gasteiger partial charge on any atom is 0.126 e. The summed E-state index contributed by atoms with van der Waals surface area (Å²) in [5, 5.41) is 3.52. The van der Waals surface area contributed by atoms with Crippen molar-refractivity contribution in [3.8, 4) is 5.75 Å². The monoisotopic (exact) mass is 245 g/mol. The van der Waals surface area contributed by atoms with Crippen molar-refractivity contribution in [3.05, 3.63) is 35.9 Å². The number of ether oxygens (including phenoxy) is 1. The maximum absolute atomic E-state index is 5.83. The number of nitrogens with one attached hydrogen (secondary N) is 1. The predicted octanol–water partition coefficient (Wildman–Crippen LogP) is 3.49. The lowest BCUT2D eigenvalue weighted by molar-refractivity contribution is 0.303. The first-order valence-electron chi connectivity index (χ1n) is 6.89. The predicted molar refractivity (Wildman–Crippen MR) is 76.8 cm³/mol. The molecule has 0 spiro atoms. The molecule has 2 heteroatoms. The van der Waals surface area contributed by atoms with Gasteiger partial charge in [-0.25, -0.2) is 0 Å². The molecule has 2 rings (SSSR count). The van der Waals surface area contributed by atoms with Crippen LogP contribution in [0, 0.1) is 5.92 Å². The van der Waals surface area contributed by atoms with Crippen LogP contribution in [0.2, 0.25) is 0 Å². The Balaban J connectivity index is 1.75. The molecule has 0 aromatic heterocycles. The van der Waals surface area contributed by atoms with Crippen LogP contribution in [-0.4, -0.2) is 19.2 Å². The second-order valence-electron chi connectivity index (χ2n) is 4.97. The normalized spacial score (nSPS) is 17.0. The minimum atomic E-state index is 0.638. The molecular weight excluding hydrogens is 222 g/mol. The number of hydrogen-bond acceptors (Lipinski definition) is 2. The van der Waals surface area contributed by atoms with Gasteiger partial charge in [0, 0.05) is 18.2 Å². The van der Waals surface area contributed by atoms with Gasteiger partial charge >= 0.3 is 0 Å². The van der Waals surface area contributed by atoms with Crippen LogP contribution in [0.25, 0.3) is 6.08 Å². The first-order chi connectivity index (χ1) is 8.81. The Morgan fingerprint density at radius 3 is 2.89 bits per heavy atom. The highest BCUT2D eigenvalue weighted by Crippen LogP contribution is 2.32. The van der Waals surface area contributed by atoms with E-state index in [1.165, 1.54) is 12.8 Å². The van der Waals surface area contributed by atoms with E-state index in [9.17, 15) is 0 Å². The Hall–Kier alpha value is -1.28. The van der Waals surface area contributed by atoms with E-state index >= 15 is 0 Å². The van der Waals surface area contributed by atoms with Gasteiger partial charge in [0.2, 0.25) is 0 Å². The van der Waals surface area contributed by atoms with Crippen molar-refractivity contribution in [2.45, 2.75) is 32.7 Å². The Bertz CT molecular complexity index is 396. The summed E-state index contributed by atoms with van der Waals surface area (Å²) in [5.74, 6) is 1.87. The van der Waals surface area contributed by atoms with Crippen LogP contribution in [0.3, 0.4) is 0 Å². The second-order valence-corrected chi connectivity index (χ2v) is 4.97. The molecule has 1 aliphatic rings. The molecule has 1 saturated carbocycles. The Morgan fingerprint density at radius 2 is 2.17 bits per heavy atom. The van der Waals surface area contributed by atoms with Crippen LogP contribution in [-0.2, 0) is 0 Å². The summed E-state index contributed by atoms with van der Waals surface area (Å²) in [5.41, 5.74) is 1.15. The van der Waals surface area contributed by atoms with Gasteiger partial charge in [-0.2, -0.15) is 0 Å². The van der Waals surface area contributed by atoms with E-state index in [1.54, 1.807) is 0 Å². The number of benzene rings is 1. The van der Waals surface area contributed by atoms with Gasteiger partial charge in [0.05, 0.1) is 0 Å². The standard InChI is InChI=1S/C16H23NO/c1-3-6-15-7-4-5-8-16(15)18-12-11-17-13(2)14-9-10-14/h3-8,13-14,17H,9-12H2,1-2H3. The molecule has 1 aromatic rings. The van der Waals surface area contributed by atoms with E-state index in [0.717, 1.165) is 30.4 Å². The third kappa shape index (κ3) is 3.88. The molecule has 0 amide bonds. The molecular formula is C16H23NO. The van der Waals surface area contributed by atoms with Gasteiger partial charge in [0.1, 0.15) is 12.4 Å². The first kappa shape index (κ1) is 13.2. The number of hydrogen-bond donors (Lipinski definition) is 1. The average Bonchev–Trinajstić information content (AvgIpc) is 3.21. The minimum Gasteiger partial charge on any atom is -0.492 e. The lowest BCUT2D eigenvalue weighted by Crippen LogP contribution is -2.31. The number of rotatable bonds is 7. The zero-order chi connectivity index (χ0) is 12.8. The summed E-state index contributed by atoms with van der Waals surface area (Å²) in [6, 6.07) is 8.80. The number of para-hydroxylation sites is 1.